The smallest absolute Gasteiger partial charge is 0.333 e. The Morgan fingerprint density at radius 2 is 1.25 bits per heavy atom. The van der Waals surface area contributed by atoms with Gasteiger partial charge in [-0.15, -0.1) is 0 Å². The van der Waals surface area contributed by atoms with E-state index in [1.165, 1.54) is 0 Å². The van der Waals surface area contributed by atoms with Gasteiger partial charge >= 0.3 is 5.97 Å². The fraction of sp³-hybridized carbons (Fsp3) is 0.500. The van der Waals surface area contributed by atoms with E-state index in [9.17, 15) is 14.7 Å². The van der Waals surface area contributed by atoms with Gasteiger partial charge in [0.1, 0.15) is 25.1 Å². The number of hydrogen-bond donors (Lipinski definition) is 1. The lowest BCUT2D eigenvalue weighted by atomic mass is 10.0. The van der Waals surface area contributed by atoms with Crippen LogP contribution in [0.5, 0.6) is 5.75 Å². The fourth-order valence-electron chi connectivity index (χ4n) is 3.80. The van der Waals surface area contributed by atoms with Crippen molar-refractivity contribution in [1.82, 2.24) is 0 Å². The van der Waals surface area contributed by atoms with E-state index in [0.29, 0.717) is 34.6 Å². The average Bonchev–Trinajstić information content (AvgIpc) is 3.08. The topological polar surface area (TPSA) is 137 Å². The van der Waals surface area contributed by atoms with E-state index in [1.54, 1.807) is 64.1 Å². The normalized spacial score (nSPS) is 13.7. The summed E-state index contributed by atoms with van der Waals surface area (Å²) in [5.41, 5.74) is 2.01. The van der Waals surface area contributed by atoms with E-state index in [0.717, 1.165) is 0 Å². The summed E-state index contributed by atoms with van der Waals surface area (Å²) in [5, 5.41) is 9.59. The first-order valence-electron chi connectivity index (χ1n) is 15.8. The maximum Gasteiger partial charge on any atom is 0.333 e. The summed E-state index contributed by atoms with van der Waals surface area (Å²) in [5.74, 6) is 0.0290. The Kier molecular flexibility index (Phi) is 20.2. The Bertz CT molecular complexity index is 1220. The molecular formula is C36H50O12. The number of ketones is 1. The van der Waals surface area contributed by atoms with E-state index < -0.39 is 30.9 Å². The highest BCUT2D eigenvalue weighted by atomic mass is 16.7. The van der Waals surface area contributed by atoms with E-state index in [2.05, 4.69) is 13.2 Å². The number of hydrogen-bond acceptors (Lipinski definition) is 12. The number of aliphatic hydroxyl groups is 1. The number of carbonyl (C=O) groups excluding carboxylic acids is 2. The van der Waals surface area contributed by atoms with Crippen molar-refractivity contribution in [3.63, 3.8) is 0 Å². The summed E-state index contributed by atoms with van der Waals surface area (Å²) in [4.78, 5) is 24.1. The molecular weight excluding hydrogens is 624 g/mol. The van der Waals surface area contributed by atoms with Gasteiger partial charge in [0, 0.05) is 16.7 Å². The van der Waals surface area contributed by atoms with Crippen LogP contribution in [-0.4, -0.2) is 108 Å². The Morgan fingerprint density at radius 1 is 0.688 bits per heavy atom. The first-order valence-corrected chi connectivity index (χ1v) is 15.8. The summed E-state index contributed by atoms with van der Waals surface area (Å²) in [7, 11) is 0. The zero-order chi connectivity index (χ0) is 35.1. The van der Waals surface area contributed by atoms with Crippen LogP contribution in [0.3, 0.4) is 0 Å². The number of carbonyl (C=O) groups is 2. The van der Waals surface area contributed by atoms with Crippen LogP contribution in [0.1, 0.15) is 43.6 Å². The predicted octanol–water partition coefficient (Wildman–Crippen LogP) is 4.49. The van der Waals surface area contributed by atoms with Crippen molar-refractivity contribution >= 4 is 11.8 Å². The molecule has 0 aliphatic carbocycles. The molecule has 0 aliphatic heterocycles. The number of rotatable bonds is 27. The van der Waals surface area contributed by atoms with Gasteiger partial charge in [-0.1, -0.05) is 43.5 Å². The lowest BCUT2D eigenvalue weighted by molar-refractivity contribution is -0.208. The first kappa shape index (κ1) is 40.7. The zero-order valence-electron chi connectivity index (χ0n) is 28.4. The van der Waals surface area contributed by atoms with Crippen LogP contribution in [0.4, 0.5) is 0 Å². The van der Waals surface area contributed by atoms with E-state index >= 15 is 0 Å². The zero-order valence-corrected chi connectivity index (χ0v) is 28.4. The van der Waals surface area contributed by atoms with E-state index in [-0.39, 0.29) is 65.2 Å². The van der Waals surface area contributed by atoms with Crippen molar-refractivity contribution in [2.24, 2.45) is 0 Å². The Balaban J connectivity index is 1.80. The first-order chi connectivity index (χ1) is 23.1. The lowest BCUT2D eigenvalue weighted by Gasteiger charge is -2.24. The summed E-state index contributed by atoms with van der Waals surface area (Å²) < 4.78 is 50.3. The second-order valence-electron chi connectivity index (χ2n) is 10.7. The van der Waals surface area contributed by atoms with Crippen molar-refractivity contribution in [2.75, 3.05) is 66.1 Å². The molecule has 0 bridgehead atoms. The Morgan fingerprint density at radius 3 is 1.85 bits per heavy atom. The highest BCUT2D eigenvalue weighted by Gasteiger charge is 2.18. The standard InChI is InChI=1S/C36H50O12/c1-26(2)35(38)44-22-18-40-16-20-42-28(5)46-24-33(48-29(6)43-21-17-41-19-23-45-36(39)27(3)4)25-47-32-14-12-31(13-15-32)34(37)30-10-8-7-9-11-30/h7-15,28-29,33,36,39H,1,3,16-25H2,2,4-6H3. The van der Waals surface area contributed by atoms with Gasteiger partial charge in [0.2, 0.25) is 0 Å². The van der Waals surface area contributed by atoms with Gasteiger partial charge in [-0.05, 0) is 57.5 Å². The second kappa shape index (κ2) is 23.8. The molecule has 4 atom stereocenters. The summed E-state index contributed by atoms with van der Waals surface area (Å²) in [6, 6.07) is 16.0. The van der Waals surface area contributed by atoms with Gasteiger partial charge in [-0.3, -0.25) is 4.79 Å². The number of benzene rings is 2. The molecule has 266 valence electrons. The minimum absolute atomic E-state index is 0.0747. The summed E-state index contributed by atoms with van der Waals surface area (Å²) >= 11 is 0. The number of ether oxygens (including phenoxy) is 9. The Labute approximate surface area is 283 Å². The maximum atomic E-state index is 12.7. The third-order valence-corrected chi connectivity index (χ3v) is 6.38. The summed E-state index contributed by atoms with van der Waals surface area (Å²) in [6.45, 7) is 16.2. The van der Waals surface area contributed by atoms with Crippen molar-refractivity contribution in [3.8, 4) is 5.75 Å². The van der Waals surface area contributed by atoms with Gasteiger partial charge in [0.05, 0.1) is 52.9 Å². The quantitative estimate of drug-likeness (QED) is 0.0357. The molecule has 0 spiro atoms. The molecule has 0 radical (unpaired) electrons. The molecule has 0 heterocycles. The van der Waals surface area contributed by atoms with Crippen LogP contribution < -0.4 is 4.74 Å². The molecule has 12 heteroatoms. The van der Waals surface area contributed by atoms with E-state index in [1.807, 2.05) is 18.2 Å². The van der Waals surface area contributed by atoms with Gasteiger partial charge in [-0.25, -0.2) is 4.79 Å². The third kappa shape index (κ3) is 17.6. The molecule has 0 aromatic heterocycles. The molecule has 1 N–H and O–H groups in total. The highest BCUT2D eigenvalue weighted by Crippen LogP contribution is 2.17. The van der Waals surface area contributed by atoms with Crippen molar-refractivity contribution < 1.29 is 57.3 Å². The number of esters is 1. The molecule has 0 saturated heterocycles. The van der Waals surface area contributed by atoms with Crippen LogP contribution in [0.2, 0.25) is 0 Å². The van der Waals surface area contributed by atoms with Gasteiger partial charge in [0.25, 0.3) is 0 Å². The van der Waals surface area contributed by atoms with Gasteiger partial charge in [-0.2, -0.15) is 0 Å². The fourth-order valence-corrected chi connectivity index (χ4v) is 3.80. The molecule has 0 amide bonds. The van der Waals surface area contributed by atoms with E-state index in [4.69, 9.17) is 42.6 Å². The predicted molar refractivity (Wildman–Crippen MR) is 178 cm³/mol. The minimum atomic E-state index is -1.01. The number of aliphatic hydroxyl groups excluding tert-OH is 1. The van der Waals surface area contributed by atoms with Crippen LogP contribution in [0, 0.1) is 0 Å². The van der Waals surface area contributed by atoms with Crippen molar-refractivity contribution in [3.05, 3.63) is 90.0 Å². The molecule has 2 aromatic rings. The molecule has 0 fully saturated rings. The average molecular weight is 675 g/mol. The molecule has 48 heavy (non-hydrogen) atoms. The van der Waals surface area contributed by atoms with Crippen LogP contribution in [0.15, 0.2) is 78.9 Å². The largest absolute Gasteiger partial charge is 0.491 e. The molecule has 2 aromatic carbocycles. The van der Waals surface area contributed by atoms with Crippen LogP contribution >= 0.6 is 0 Å². The molecule has 0 saturated carbocycles. The van der Waals surface area contributed by atoms with Gasteiger partial charge < -0.3 is 47.7 Å². The van der Waals surface area contributed by atoms with Crippen LogP contribution in [-0.2, 0) is 42.7 Å². The minimum Gasteiger partial charge on any atom is -0.491 e. The van der Waals surface area contributed by atoms with Gasteiger partial charge in [0.15, 0.2) is 24.7 Å². The molecule has 2 rings (SSSR count). The second-order valence-corrected chi connectivity index (χ2v) is 10.7. The SMILES string of the molecule is C=C(C)C(=O)OCCOCCOC(C)OCC(COc1ccc(C(=O)c2ccccc2)cc1)OC(C)OCCOCCOC(O)C(=C)C. The highest BCUT2D eigenvalue weighted by molar-refractivity contribution is 6.08. The van der Waals surface area contributed by atoms with Crippen molar-refractivity contribution in [2.45, 2.75) is 52.7 Å². The molecule has 0 aliphatic rings. The van der Waals surface area contributed by atoms with Crippen molar-refractivity contribution in [1.29, 1.82) is 0 Å². The van der Waals surface area contributed by atoms with Crippen LogP contribution in [0.25, 0.3) is 0 Å². The lowest BCUT2D eigenvalue weighted by Crippen LogP contribution is -2.34. The third-order valence-electron chi connectivity index (χ3n) is 6.38. The maximum absolute atomic E-state index is 12.7. The Hall–Kier alpha value is -3.46. The summed E-state index contributed by atoms with van der Waals surface area (Å²) in [6.07, 6.45) is -2.73. The molecule has 4 unspecified atom stereocenters. The monoisotopic (exact) mass is 674 g/mol. The molecule has 12 nitrogen and oxygen atoms in total.